The van der Waals surface area contributed by atoms with Gasteiger partial charge in [0.25, 0.3) is 0 Å². The first-order valence-electron chi connectivity index (χ1n) is 7.63. The van der Waals surface area contributed by atoms with Crippen molar-refractivity contribution in [3.63, 3.8) is 0 Å². The molecular weight excluding hydrogens is 278 g/mol. The number of thiazole rings is 1. The number of aromatic nitrogens is 1. The van der Waals surface area contributed by atoms with E-state index in [1.54, 1.807) is 11.3 Å². The molecule has 0 radical (unpaired) electrons. The number of hydrogen-bond donors (Lipinski definition) is 1. The van der Waals surface area contributed by atoms with Crippen LogP contribution in [0.3, 0.4) is 0 Å². The quantitative estimate of drug-likeness (QED) is 0.942. The standard InChI is InChI=1S/C17H23N3S/c1-12-4-5-15(10-13(12)2)16-11-21-17(19-16)14(3)20-8-6-18-7-9-20/h4-5,10-11,14,18H,6-9H2,1-3H3. The summed E-state index contributed by atoms with van der Waals surface area (Å²) in [6.45, 7) is 11.0. The van der Waals surface area contributed by atoms with Gasteiger partial charge in [-0.05, 0) is 38.0 Å². The molecule has 1 saturated heterocycles. The largest absolute Gasteiger partial charge is 0.314 e. The molecule has 21 heavy (non-hydrogen) atoms. The highest BCUT2D eigenvalue weighted by atomic mass is 32.1. The zero-order chi connectivity index (χ0) is 14.8. The van der Waals surface area contributed by atoms with Gasteiger partial charge in [0.05, 0.1) is 11.7 Å². The van der Waals surface area contributed by atoms with Gasteiger partial charge in [-0.1, -0.05) is 12.1 Å². The molecule has 2 heterocycles. The van der Waals surface area contributed by atoms with E-state index in [1.165, 1.54) is 21.7 Å². The van der Waals surface area contributed by atoms with Crippen molar-refractivity contribution >= 4 is 11.3 Å². The Hall–Kier alpha value is -1.23. The minimum atomic E-state index is 0.414. The van der Waals surface area contributed by atoms with E-state index < -0.39 is 0 Å². The SMILES string of the molecule is Cc1ccc(-c2csc(C(C)N3CCNCC3)n2)cc1C. The Morgan fingerprint density at radius 1 is 1.19 bits per heavy atom. The van der Waals surface area contributed by atoms with E-state index in [0.29, 0.717) is 6.04 Å². The number of piperazine rings is 1. The van der Waals surface area contributed by atoms with E-state index in [2.05, 4.69) is 54.6 Å². The van der Waals surface area contributed by atoms with Crippen molar-refractivity contribution in [1.29, 1.82) is 0 Å². The van der Waals surface area contributed by atoms with Crippen LogP contribution in [0.25, 0.3) is 11.3 Å². The topological polar surface area (TPSA) is 28.2 Å². The maximum atomic E-state index is 4.88. The van der Waals surface area contributed by atoms with Gasteiger partial charge in [-0.25, -0.2) is 4.98 Å². The Labute approximate surface area is 131 Å². The van der Waals surface area contributed by atoms with Crippen LogP contribution in [0.15, 0.2) is 23.6 Å². The molecule has 2 aromatic rings. The van der Waals surface area contributed by atoms with Crippen molar-refractivity contribution in [2.24, 2.45) is 0 Å². The lowest BCUT2D eigenvalue weighted by Crippen LogP contribution is -2.44. The van der Waals surface area contributed by atoms with Gasteiger partial charge in [-0.3, -0.25) is 4.90 Å². The van der Waals surface area contributed by atoms with Crippen LogP contribution in [-0.4, -0.2) is 36.1 Å². The van der Waals surface area contributed by atoms with Crippen molar-refractivity contribution in [2.75, 3.05) is 26.2 Å². The Bertz CT molecular complexity index is 614. The van der Waals surface area contributed by atoms with E-state index in [9.17, 15) is 0 Å². The summed E-state index contributed by atoms with van der Waals surface area (Å²) in [5.74, 6) is 0. The first kappa shape index (κ1) is 14.7. The van der Waals surface area contributed by atoms with E-state index >= 15 is 0 Å². The molecule has 1 aliphatic rings. The number of nitrogens with one attached hydrogen (secondary N) is 1. The summed E-state index contributed by atoms with van der Waals surface area (Å²) in [6.07, 6.45) is 0. The van der Waals surface area contributed by atoms with Crippen LogP contribution in [0.1, 0.15) is 29.1 Å². The number of aryl methyl sites for hydroxylation is 2. The Kier molecular flexibility index (Phi) is 4.38. The second kappa shape index (κ2) is 6.26. The van der Waals surface area contributed by atoms with Crippen LogP contribution >= 0.6 is 11.3 Å². The van der Waals surface area contributed by atoms with Crippen LogP contribution in [0.4, 0.5) is 0 Å². The Morgan fingerprint density at radius 3 is 2.67 bits per heavy atom. The van der Waals surface area contributed by atoms with Crippen LogP contribution in [0.5, 0.6) is 0 Å². The van der Waals surface area contributed by atoms with Gasteiger partial charge in [-0.2, -0.15) is 0 Å². The lowest BCUT2D eigenvalue weighted by Gasteiger charge is -2.31. The van der Waals surface area contributed by atoms with Gasteiger partial charge >= 0.3 is 0 Å². The van der Waals surface area contributed by atoms with Crippen LogP contribution in [-0.2, 0) is 0 Å². The molecule has 1 aromatic carbocycles. The van der Waals surface area contributed by atoms with Crippen molar-refractivity contribution in [1.82, 2.24) is 15.2 Å². The molecule has 0 saturated carbocycles. The van der Waals surface area contributed by atoms with Gasteiger partial charge in [0, 0.05) is 37.1 Å². The average molecular weight is 301 g/mol. The predicted octanol–water partition coefficient (Wildman–Crippen LogP) is 3.39. The molecular formula is C17H23N3S. The first-order chi connectivity index (χ1) is 10.1. The summed E-state index contributed by atoms with van der Waals surface area (Å²) < 4.78 is 0. The fourth-order valence-corrected chi connectivity index (χ4v) is 3.66. The lowest BCUT2D eigenvalue weighted by molar-refractivity contribution is 0.185. The second-order valence-corrected chi connectivity index (χ2v) is 6.72. The Balaban J connectivity index is 1.80. The maximum absolute atomic E-state index is 4.88. The molecule has 1 fully saturated rings. The number of benzene rings is 1. The molecule has 1 atom stereocenters. The normalized spacial score (nSPS) is 17.9. The molecule has 0 aliphatic carbocycles. The monoisotopic (exact) mass is 301 g/mol. The molecule has 1 unspecified atom stereocenters. The highest BCUT2D eigenvalue weighted by Crippen LogP contribution is 2.29. The highest BCUT2D eigenvalue weighted by Gasteiger charge is 2.20. The van der Waals surface area contributed by atoms with Gasteiger partial charge in [0.15, 0.2) is 0 Å². The molecule has 0 spiro atoms. The zero-order valence-electron chi connectivity index (χ0n) is 13.0. The average Bonchev–Trinajstić information content (AvgIpc) is 3.00. The number of hydrogen-bond acceptors (Lipinski definition) is 4. The smallest absolute Gasteiger partial charge is 0.110 e. The minimum absolute atomic E-state index is 0.414. The molecule has 1 aromatic heterocycles. The van der Waals surface area contributed by atoms with Crippen molar-refractivity contribution in [3.8, 4) is 11.3 Å². The van der Waals surface area contributed by atoms with Crippen molar-refractivity contribution < 1.29 is 0 Å². The second-order valence-electron chi connectivity index (χ2n) is 5.83. The van der Waals surface area contributed by atoms with Crippen LogP contribution < -0.4 is 5.32 Å². The third-order valence-corrected chi connectivity index (χ3v) is 5.40. The summed E-state index contributed by atoms with van der Waals surface area (Å²) in [5, 5.41) is 6.82. The summed E-state index contributed by atoms with van der Waals surface area (Å²) in [5.41, 5.74) is 5.01. The number of rotatable bonds is 3. The fraction of sp³-hybridized carbons (Fsp3) is 0.471. The van der Waals surface area contributed by atoms with E-state index in [1.807, 2.05) is 0 Å². The summed E-state index contributed by atoms with van der Waals surface area (Å²) in [6, 6.07) is 7.02. The van der Waals surface area contributed by atoms with E-state index in [4.69, 9.17) is 4.98 Å². The molecule has 3 rings (SSSR count). The maximum Gasteiger partial charge on any atom is 0.110 e. The molecule has 1 N–H and O–H groups in total. The van der Waals surface area contributed by atoms with Gasteiger partial charge in [0.1, 0.15) is 5.01 Å². The lowest BCUT2D eigenvalue weighted by atomic mass is 10.1. The Morgan fingerprint density at radius 2 is 1.95 bits per heavy atom. The van der Waals surface area contributed by atoms with Crippen LogP contribution in [0, 0.1) is 13.8 Å². The summed E-state index contributed by atoms with van der Waals surface area (Å²) in [7, 11) is 0. The highest BCUT2D eigenvalue weighted by molar-refractivity contribution is 7.10. The molecule has 4 heteroatoms. The third-order valence-electron chi connectivity index (χ3n) is 4.38. The zero-order valence-corrected chi connectivity index (χ0v) is 13.8. The summed E-state index contributed by atoms with van der Waals surface area (Å²) in [4.78, 5) is 7.40. The van der Waals surface area contributed by atoms with Crippen molar-refractivity contribution in [2.45, 2.75) is 26.8 Å². The summed E-state index contributed by atoms with van der Waals surface area (Å²) >= 11 is 1.78. The minimum Gasteiger partial charge on any atom is -0.314 e. The van der Waals surface area contributed by atoms with Gasteiger partial charge in [0.2, 0.25) is 0 Å². The molecule has 0 amide bonds. The van der Waals surface area contributed by atoms with Gasteiger partial charge in [-0.15, -0.1) is 11.3 Å². The van der Waals surface area contributed by atoms with Crippen molar-refractivity contribution in [3.05, 3.63) is 39.7 Å². The molecule has 0 bridgehead atoms. The molecule has 1 aliphatic heterocycles. The first-order valence-corrected chi connectivity index (χ1v) is 8.51. The van der Waals surface area contributed by atoms with E-state index in [0.717, 1.165) is 31.9 Å². The van der Waals surface area contributed by atoms with E-state index in [-0.39, 0.29) is 0 Å². The molecule has 112 valence electrons. The van der Waals surface area contributed by atoms with Gasteiger partial charge < -0.3 is 5.32 Å². The molecule has 3 nitrogen and oxygen atoms in total. The van der Waals surface area contributed by atoms with Crippen LogP contribution in [0.2, 0.25) is 0 Å². The predicted molar refractivity (Wildman–Crippen MR) is 89.9 cm³/mol. The number of nitrogens with zero attached hydrogens (tertiary/aromatic N) is 2. The third kappa shape index (κ3) is 3.18. The fourth-order valence-electron chi connectivity index (χ4n) is 2.74.